The van der Waals surface area contributed by atoms with Crippen molar-refractivity contribution in [3.8, 4) is 20.2 Å². The maximum absolute atomic E-state index is 9.29. The summed E-state index contributed by atoms with van der Waals surface area (Å²) in [5, 5.41) is 13.5. The quantitative estimate of drug-likeness (QED) is 0.736. The summed E-state index contributed by atoms with van der Waals surface area (Å²) >= 11 is 5.17. The van der Waals surface area contributed by atoms with Gasteiger partial charge in [-0.15, -0.1) is 34.0 Å². The highest BCUT2D eigenvalue weighted by Crippen LogP contribution is 2.42. The number of thiophene rings is 3. The predicted molar refractivity (Wildman–Crippen MR) is 76.9 cm³/mol. The van der Waals surface area contributed by atoms with Crippen molar-refractivity contribution >= 4 is 34.0 Å². The Balaban J connectivity index is 2.17. The number of aliphatic hydroxyl groups excluding tert-OH is 1. The van der Waals surface area contributed by atoms with Gasteiger partial charge in [0.1, 0.15) is 0 Å². The topological polar surface area (TPSA) is 20.2 Å². The van der Waals surface area contributed by atoms with Crippen LogP contribution in [0.25, 0.3) is 20.2 Å². The molecule has 86 valence electrons. The fraction of sp³-hybridized carbons (Fsp3) is 0.0769. The van der Waals surface area contributed by atoms with Crippen molar-refractivity contribution in [2.75, 3.05) is 0 Å². The third-order valence-electron chi connectivity index (χ3n) is 2.47. The van der Waals surface area contributed by atoms with Gasteiger partial charge in [-0.05, 0) is 29.0 Å². The van der Waals surface area contributed by atoms with Crippen LogP contribution in [0.4, 0.5) is 0 Å². The van der Waals surface area contributed by atoms with Gasteiger partial charge in [-0.1, -0.05) is 12.1 Å². The third kappa shape index (κ3) is 2.09. The smallest absolute Gasteiger partial charge is 0.0774 e. The van der Waals surface area contributed by atoms with Crippen LogP contribution < -0.4 is 0 Å². The summed E-state index contributed by atoms with van der Waals surface area (Å²) in [7, 11) is 0. The molecule has 3 heterocycles. The first kappa shape index (κ1) is 11.2. The second-order valence-corrected chi connectivity index (χ2v) is 6.60. The molecule has 0 bridgehead atoms. The van der Waals surface area contributed by atoms with Gasteiger partial charge in [-0.25, -0.2) is 0 Å². The normalized spacial score (nSPS) is 10.9. The monoisotopic (exact) mass is 278 g/mol. The highest BCUT2D eigenvalue weighted by molar-refractivity contribution is 7.22. The first-order valence-corrected chi connectivity index (χ1v) is 7.77. The lowest BCUT2D eigenvalue weighted by molar-refractivity contribution is 0.285. The highest BCUT2D eigenvalue weighted by atomic mass is 32.1. The molecule has 0 aromatic carbocycles. The average molecular weight is 278 g/mol. The average Bonchev–Trinajstić information content (AvgIpc) is 3.09. The van der Waals surface area contributed by atoms with Crippen molar-refractivity contribution in [1.29, 1.82) is 0 Å². The Morgan fingerprint density at radius 1 is 1.00 bits per heavy atom. The van der Waals surface area contributed by atoms with E-state index >= 15 is 0 Å². The van der Waals surface area contributed by atoms with Crippen molar-refractivity contribution in [2.24, 2.45) is 0 Å². The van der Waals surface area contributed by atoms with Gasteiger partial charge in [0.15, 0.2) is 0 Å². The van der Waals surface area contributed by atoms with Crippen LogP contribution in [0, 0.1) is 0 Å². The maximum atomic E-state index is 9.29. The first-order valence-electron chi connectivity index (χ1n) is 5.20. The lowest BCUT2D eigenvalue weighted by Crippen LogP contribution is -1.72. The summed E-state index contributed by atoms with van der Waals surface area (Å²) in [6.45, 7) is 0.119. The Kier molecular flexibility index (Phi) is 3.11. The zero-order valence-electron chi connectivity index (χ0n) is 8.92. The van der Waals surface area contributed by atoms with Gasteiger partial charge in [-0.3, -0.25) is 0 Å². The van der Waals surface area contributed by atoms with E-state index in [0.717, 1.165) is 4.88 Å². The van der Waals surface area contributed by atoms with Crippen LogP contribution in [0.2, 0.25) is 0 Å². The summed E-state index contributed by atoms with van der Waals surface area (Å²) in [5.74, 6) is 0. The van der Waals surface area contributed by atoms with Crippen LogP contribution in [0.1, 0.15) is 4.88 Å². The van der Waals surface area contributed by atoms with E-state index in [2.05, 4.69) is 41.1 Å². The molecule has 0 aliphatic carbocycles. The minimum atomic E-state index is 0.119. The molecule has 17 heavy (non-hydrogen) atoms. The minimum absolute atomic E-state index is 0.119. The van der Waals surface area contributed by atoms with Crippen molar-refractivity contribution in [3.63, 3.8) is 0 Å². The number of rotatable bonds is 3. The molecule has 0 atom stereocenters. The molecule has 0 fully saturated rings. The molecular formula is C13H10OS3. The summed E-state index contributed by atoms with van der Waals surface area (Å²) < 4.78 is 0. The number of hydrogen-bond acceptors (Lipinski definition) is 4. The number of hydrogen-bond donors (Lipinski definition) is 1. The van der Waals surface area contributed by atoms with E-state index < -0.39 is 0 Å². The van der Waals surface area contributed by atoms with Crippen molar-refractivity contribution < 1.29 is 5.11 Å². The lowest BCUT2D eigenvalue weighted by atomic mass is 10.2. The molecule has 0 aliphatic rings. The zero-order valence-corrected chi connectivity index (χ0v) is 11.4. The van der Waals surface area contributed by atoms with E-state index in [1.807, 2.05) is 0 Å². The second-order valence-electron chi connectivity index (χ2n) is 3.57. The van der Waals surface area contributed by atoms with Crippen LogP contribution in [0.5, 0.6) is 0 Å². The second kappa shape index (κ2) is 4.74. The zero-order chi connectivity index (χ0) is 11.7. The van der Waals surface area contributed by atoms with Gasteiger partial charge in [0, 0.05) is 20.2 Å². The van der Waals surface area contributed by atoms with E-state index in [0.29, 0.717) is 0 Å². The van der Waals surface area contributed by atoms with Gasteiger partial charge < -0.3 is 5.11 Å². The summed E-state index contributed by atoms with van der Waals surface area (Å²) in [6, 6.07) is 10.5. The fourth-order valence-corrected chi connectivity index (χ4v) is 4.44. The van der Waals surface area contributed by atoms with E-state index in [1.165, 1.54) is 20.2 Å². The molecular weight excluding hydrogens is 268 g/mol. The molecule has 0 aliphatic heterocycles. The van der Waals surface area contributed by atoms with Crippen LogP contribution >= 0.6 is 34.0 Å². The molecule has 1 nitrogen and oxygen atoms in total. The molecule has 0 radical (unpaired) electrons. The van der Waals surface area contributed by atoms with Crippen molar-refractivity contribution in [1.82, 2.24) is 0 Å². The van der Waals surface area contributed by atoms with Crippen LogP contribution in [0.3, 0.4) is 0 Å². The van der Waals surface area contributed by atoms with E-state index in [-0.39, 0.29) is 6.61 Å². The predicted octanol–water partition coefficient (Wildman–Crippen LogP) is 4.70. The van der Waals surface area contributed by atoms with E-state index in [9.17, 15) is 5.11 Å². The third-order valence-corrected chi connectivity index (χ3v) is 5.54. The Hall–Kier alpha value is -0.940. The van der Waals surface area contributed by atoms with Crippen molar-refractivity contribution in [2.45, 2.75) is 6.61 Å². The minimum Gasteiger partial charge on any atom is -0.391 e. The summed E-state index contributed by atoms with van der Waals surface area (Å²) in [6.07, 6.45) is 0. The van der Waals surface area contributed by atoms with Gasteiger partial charge >= 0.3 is 0 Å². The molecule has 4 heteroatoms. The SMILES string of the molecule is OCc1cc(-c2cccs2)c(-c2cccs2)s1. The molecule has 1 N–H and O–H groups in total. The van der Waals surface area contributed by atoms with Crippen LogP contribution in [-0.2, 0) is 6.61 Å². The standard InChI is InChI=1S/C13H10OS3/c14-8-9-7-10(11-3-1-5-15-11)13(17-9)12-4-2-6-16-12/h1-7,14H,8H2. The Morgan fingerprint density at radius 2 is 1.71 bits per heavy atom. The van der Waals surface area contributed by atoms with Crippen molar-refractivity contribution in [3.05, 3.63) is 46.0 Å². The van der Waals surface area contributed by atoms with Crippen LogP contribution in [-0.4, -0.2) is 5.11 Å². The highest BCUT2D eigenvalue weighted by Gasteiger charge is 2.13. The van der Waals surface area contributed by atoms with E-state index in [1.54, 1.807) is 34.0 Å². The van der Waals surface area contributed by atoms with E-state index in [4.69, 9.17) is 0 Å². The molecule has 0 unspecified atom stereocenters. The Bertz CT molecular complexity index is 539. The first-order chi connectivity index (χ1) is 8.38. The molecule has 3 rings (SSSR count). The molecule has 0 spiro atoms. The number of aliphatic hydroxyl groups is 1. The Labute approximate surface area is 112 Å². The molecule has 3 aromatic heterocycles. The summed E-state index contributed by atoms with van der Waals surface area (Å²) in [5.41, 5.74) is 1.25. The van der Waals surface area contributed by atoms with Gasteiger partial charge in [0.25, 0.3) is 0 Å². The molecule has 0 saturated carbocycles. The van der Waals surface area contributed by atoms with Crippen LogP contribution in [0.15, 0.2) is 41.1 Å². The fourth-order valence-electron chi connectivity index (χ4n) is 1.73. The van der Waals surface area contributed by atoms with Gasteiger partial charge in [0.05, 0.1) is 11.5 Å². The molecule has 3 aromatic rings. The van der Waals surface area contributed by atoms with Gasteiger partial charge in [-0.2, -0.15) is 0 Å². The maximum Gasteiger partial charge on any atom is 0.0774 e. The molecule has 0 saturated heterocycles. The lowest BCUT2D eigenvalue weighted by Gasteiger charge is -1.97. The summed E-state index contributed by atoms with van der Waals surface area (Å²) in [4.78, 5) is 4.84. The van der Waals surface area contributed by atoms with Gasteiger partial charge in [0.2, 0.25) is 0 Å². The molecule has 0 amide bonds. The Morgan fingerprint density at radius 3 is 2.29 bits per heavy atom. The largest absolute Gasteiger partial charge is 0.391 e.